The van der Waals surface area contributed by atoms with E-state index in [1.165, 1.54) is 0 Å². The van der Waals surface area contributed by atoms with E-state index in [-0.39, 0.29) is 22.8 Å². The molecule has 2 N–H and O–H groups in total. The Kier molecular flexibility index (Phi) is 2.26. The van der Waals surface area contributed by atoms with Crippen LogP contribution in [0.4, 0.5) is 5.69 Å². The van der Waals surface area contributed by atoms with Gasteiger partial charge >= 0.3 is 0 Å². The van der Waals surface area contributed by atoms with Crippen molar-refractivity contribution in [1.82, 2.24) is 0 Å². The molecule has 0 saturated heterocycles. The lowest BCUT2D eigenvalue weighted by molar-refractivity contribution is 0.0979. The summed E-state index contributed by atoms with van der Waals surface area (Å²) in [5.74, 6) is 1.97. The van der Waals surface area contributed by atoms with Crippen LogP contribution in [0.5, 0.6) is 0 Å². The zero-order chi connectivity index (χ0) is 13.6. The SMILES string of the molecule is C#Cc1ccc2c(c1N)C(=O)c1ccccc1C2=O. The number of ketones is 2. The second kappa shape index (κ2) is 3.82. The summed E-state index contributed by atoms with van der Waals surface area (Å²) in [6.45, 7) is 0. The van der Waals surface area contributed by atoms with Crippen LogP contribution in [0.15, 0.2) is 36.4 Å². The van der Waals surface area contributed by atoms with Crippen molar-refractivity contribution >= 4 is 17.3 Å². The van der Waals surface area contributed by atoms with E-state index in [1.807, 2.05) is 0 Å². The molecule has 19 heavy (non-hydrogen) atoms. The third-order valence-corrected chi connectivity index (χ3v) is 3.29. The summed E-state index contributed by atoms with van der Waals surface area (Å²) < 4.78 is 0. The van der Waals surface area contributed by atoms with E-state index in [4.69, 9.17) is 12.2 Å². The van der Waals surface area contributed by atoms with Crippen molar-refractivity contribution in [3.05, 3.63) is 64.2 Å². The van der Waals surface area contributed by atoms with Gasteiger partial charge in [0.25, 0.3) is 0 Å². The predicted molar refractivity (Wildman–Crippen MR) is 72.1 cm³/mol. The Balaban J connectivity index is 2.37. The lowest BCUT2D eigenvalue weighted by atomic mass is 9.82. The largest absolute Gasteiger partial charge is 0.397 e. The van der Waals surface area contributed by atoms with Crippen molar-refractivity contribution in [2.45, 2.75) is 0 Å². The van der Waals surface area contributed by atoms with Crippen LogP contribution in [0.25, 0.3) is 0 Å². The number of carbonyl (C=O) groups is 2. The first-order chi connectivity index (χ1) is 9.15. The quantitative estimate of drug-likeness (QED) is 0.488. The Morgan fingerprint density at radius 3 is 2.16 bits per heavy atom. The number of terminal acetylenes is 1. The standard InChI is InChI=1S/C16H9NO2/c1-2-9-7-8-12-13(14(9)17)16(19)11-6-4-3-5-10(11)15(12)18/h1,3-8H,17H2. The van der Waals surface area contributed by atoms with Crippen LogP contribution in [0.3, 0.4) is 0 Å². The molecule has 0 heterocycles. The first-order valence-corrected chi connectivity index (χ1v) is 5.72. The highest BCUT2D eigenvalue weighted by molar-refractivity contribution is 6.30. The molecular formula is C16H9NO2. The molecule has 0 amide bonds. The van der Waals surface area contributed by atoms with E-state index in [1.54, 1.807) is 36.4 Å². The molecule has 1 aliphatic carbocycles. The summed E-state index contributed by atoms with van der Waals surface area (Å²) in [6, 6.07) is 9.87. The van der Waals surface area contributed by atoms with E-state index in [2.05, 4.69) is 5.92 Å². The number of hydrogen-bond acceptors (Lipinski definition) is 3. The Bertz CT molecular complexity index is 782. The smallest absolute Gasteiger partial charge is 0.196 e. The molecule has 0 aliphatic heterocycles. The van der Waals surface area contributed by atoms with Crippen molar-refractivity contribution in [2.24, 2.45) is 0 Å². The van der Waals surface area contributed by atoms with Gasteiger partial charge < -0.3 is 5.73 Å². The average molecular weight is 247 g/mol. The number of fused-ring (bicyclic) bond motifs is 2. The molecule has 90 valence electrons. The topological polar surface area (TPSA) is 60.2 Å². The van der Waals surface area contributed by atoms with Crippen molar-refractivity contribution < 1.29 is 9.59 Å². The molecule has 0 fully saturated rings. The lowest BCUT2D eigenvalue weighted by Crippen LogP contribution is -2.22. The Morgan fingerprint density at radius 2 is 1.53 bits per heavy atom. The van der Waals surface area contributed by atoms with Crippen LogP contribution < -0.4 is 5.73 Å². The normalized spacial score (nSPS) is 12.6. The lowest BCUT2D eigenvalue weighted by Gasteiger charge is -2.19. The fourth-order valence-corrected chi connectivity index (χ4v) is 2.34. The van der Waals surface area contributed by atoms with Gasteiger partial charge in [-0.25, -0.2) is 0 Å². The van der Waals surface area contributed by atoms with Crippen LogP contribution in [0, 0.1) is 12.3 Å². The number of anilines is 1. The molecular weight excluding hydrogens is 238 g/mol. The van der Waals surface area contributed by atoms with Gasteiger partial charge in [-0.05, 0) is 12.1 Å². The van der Waals surface area contributed by atoms with Gasteiger partial charge in [0.1, 0.15) is 0 Å². The molecule has 0 radical (unpaired) electrons. The highest BCUT2D eigenvalue weighted by Gasteiger charge is 2.31. The summed E-state index contributed by atoms with van der Waals surface area (Å²) in [7, 11) is 0. The van der Waals surface area contributed by atoms with E-state index < -0.39 is 0 Å². The van der Waals surface area contributed by atoms with Crippen molar-refractivity contribution in [3.8, 4) is 12.3 Å². The Hall–Kier alpha value is -2.86. The minimum atomic E-state index is -0.250. The number of nitrogens with two attached hydrogens (primary N) is 1. The first kappa shape index (κ1) is 11.2. The molecule has 0 saturated carbocycles. The van der Waals surface area contributed by atoms with Gasteiger partial charge in [0.15, 0.2) is 11.6 Å². The summed E-state index contributed by atoms with van der Waals surface area (Å²) in [4.78, 5) is 24.8. The van der Waals surface area contributed by atoms with Crippen molar-refractivity contribution in [3.63, 3.8) is 0 Å². The predicted octanol–water partition coefficient (Wildman–Crippen LogP) is 2.03. The number of hydrogen-bond donors (Lipinski definition) is 1. The van der Waals surface area contributed by atoms with Crippen molar-refractivity contribution in [2.75, 3.05) is 5.73 Å². The number of nitrogen functional groups attached to an aromatic ring is 1. The van der Waals surface area contributed by atoms with E-state index in [0.29, 0.717) is 22.3 Å². The fraction of sp³-hybridized carbons (Fsp3) is 0. The minimum absolute atomic E-state index is 0.194. The molecule has 3 rings (SSSR count). The highest BCUT2D eigenvalue weighted by Crippen LogP contribution is 2.32. The van der Waals surface area contributed by atoms with Gasteiger partial charge in [-0.15, -0.1) is 6.42 Å². The Morgan fingerprint density at radius 1 is 0.895 bits per heavy atom. The van der Waals surface area contributed by atoms with Gasteiger partial charge in [0.05, 0.1) is 11.3 Å². The van der Waals surface area contributed by atoms with Crippen LogP contribution in [0.2, 0.25) is 0 Å². The average Bonchev–Trinajstić information content (AvgIpc) is 2.44. The maximum Gasteiger partial charge on any atom is 0.196 e. The number of benzene rings is 2. The first-order valence-electron chi connectivity index (χ1n) is 5.72. The molecule has 1 aliphatic rings. The summed E-state index contributed by atoms with van der Waals surface area (Å²) in [6.07, 6.45) is 5.33. The number of carbonyl (C=O) groups excluding carboxylic acids is 2. The molecule has 2 aromatic carbocycles. The van der Waals surface area contributed by atoms with Gasteiger partial charge in [0.2, 0.25) is 0 Å². The van der Waals surface area contributed by atoms with E-state index >= 15 is 0 Å². The van der Waals surface area contributed by atoms with Gasteiger partial charge in [0, 0.05) is 22.3 Å². The molecule has 0 bridgehead atoms. The van der Waals surface area contributed by atoms with Crippen LogP contribution in [0.1, 0.15) is 37.4 Å². The molecule has 0 aromatic heterocycles. The minimum Gasteiger partial charge on any atom is -0.397 e. The van der Waals surface area contributed by atoms with Gasteiger partial charge in [-0.2, -0.15) is 0 Å². The van der Waals surface area contributed by atoms with Crippen LogP contribution in [-0.2, 0) is 0 Å². The molecule has 2 aromatic rings. The molecule has 3 nitrogen and oxygen atoms in total. The van der Waals surface area contributed by atoms with Gasteiger partial charge in [-0.1, -0.05) is 30.2 Å². The monoisotopic (exact) mass is 247 g/mol. The maximum atomic E-state index is 12.4. The Labute approximate surface area is 110 Å². The molecule has 0 atom stereocenters. The van der Waals surface area contributed by atoms with Crippen LogP contribution >= 0.6 is 0 Å². The van der Waals surface area contributed by atoms with E-state index in [9.17, 15) is 9.59 Å². The second-order valence-corrected chi connectivity index (χ2v) is 4.30. The summed E-state index contributed by atoms with van der Waals surface area (Å²) in [5.41, 5.74) is 7.87. The van der Waals surface area contributed by atoms with Crippen LogP contribution in [-0.4, -0.2) is 11.6 Å². The van der Waals surface area contributed by atoms with E-state index in [0.717, 1.165) is 0 Å². The third-order valence-electron chi connectivity index (χ3n) is 3.29. The molecule has 0 spiro atoms. The summed E-state index contributed by atoms with van der Waals surface area (Å²) in [5, 5.41) is 0. The number of rotatable bonds is 0. The highest BCUT2D eigenvalue weighted by atomic mass is 16.1. The summed E-state index contributed by atoms with van der Waals surface area (Å²) >= 11 is 0. The van der Waals surface area contributed by atoms with Gasteiger partial charge in [-0.3, -0.25) is 9.59 Å². The second-order valence-electron chi connectivity index (χ2n) is 4.30. The molecule has 0 unspecified atom stereocenters. The fourth-order valence-electron chi connectivity index (χ4n) is 2.34. The molecule has 3 heteroatoms. The zero-order valence-electron chi connectivity index (χ0n) is 9.94. The van der Waals surface area contributed by atoms with Crippen molar-refractivity contribution in [1.29, 1.82) is 0 Å². The third kappa shape index (κ3) is 1.40. The maximum absolute atomic E-state index is 12.4. The zero-order valence-corrected chi connectivity index (χ0v) is 9.94.